The summed E-state index contributed by atoms with van der Waals surface area (Å²) in [5.74, 6) is 1.20. The Hall–Kier alpha value is -3.70. The number of amides is 1. The number of ether oxygens (including phenoxy) is 2. The first kappa shape index (κ1) is 22.5. The molecular formula is C27H24ClNO4. The summed E-state index contributed by atoms with van der Waals surface area (Å²) in [6, 6.07) is 16.8. The van der Waals surface area contributed by atoms with Crippen molar-refractivity contribution in [2.75, 3.05) is 19.5 Å². The van der Waals surface area contributed by atoms with E-state index in [1.807, 2.05) is 44.2 Å². The van der Waals surface area contributed by atoms with Crippen LogP contribution in [-0.4, -0.2) is 20.1 Å². The van der Waals surface area contributed by atoms with Crippen LogP contribution in [-0.2, 0) is 4.79 Å². The summed E-state index contributed by atoms with van der Waals surface area (Å²) in [7, 11) is 3.26. The first-order valence-corrected chi connectivity index (χ1v) is 10.8. The quantitative estimate of drug-likeness (QED) is 0.310. The molecule has 3 aromatic carbocycles. The molecule has 0 bridgehead atoms. The second kappa shape index (κ2) is 9.43. The maximum absolute atomic E-state index is 12.7. The molecular weight excluding hydrogens is 438 g/mol. The number of fused-ring (bicyclic) bond motifs is 1. The minimum absolute atomic E-state index is 0.253. The lowest BCUT2D eigenvalue weighted by molar-refractivity contribution is -0.111. The molecule has 0 aliphatic rings. The van der Waals surface area contributed by atoms with E-state index in [-0.39, 0.29) is 5.91 Å². The fourth-order valence-corrected chi connectivity index (χ4v) is 4.08. The maximum Gasteiger partial charge on any atom is 0.248 e. The highest BCUT2D eigenvalue weighted by atomic mass is 35.5. The zero-order valence-electron chi connectivity index (χ0n) is 18.9. The fourth-order valence-electron chi connectivity index (χ4n) is 3.88. The first-order chi connectivity index (χ1) is 15.9. The van der Waals surface area contributed by atoms with Crippen molar-refractivity contribution in [3.63, 3.8) is 0 Å². The third-order valence-electron chi connectivity index (χ3n) is 5.51. The number of halogens is 1. The van der Waals surface area contributed by atoms with Gasteiger partial charge in [0.05, 0.1) is 20.5 Å². The maximum atomic E-state index is 12.7. The lowest BCUT2D eigenvalue weighted by atomic mass is 9.96. The van der Waals surface area contributed by atoms with Crippen LogP contribution in [0.25, 0.3) is 27.7 Å². The largest absolute Gasteiger partial charge is 0.497 e. The molecule has 1 aromatic heterocycles. The summed E-state index contributed by atoms with van der Waals surface area (Å²) >= 11 is 6.01. The van der Waals surface area contributed by atoms with Gasteiger partial charge >= 0.3 is 0 Å². The van der Waals surface area contributed by atoms with E-state index in [4.69, 9.17) is 25.5 Å². The highest BCUT2D eigenvalue weighted by Crippen LogP contribution is 2.40. The molecule has 0 saturated heterocycles. The average molecular weight is 462 g/mol. The smallest absolute Gasteiger partial charge is 0.248 e. The number of hydrogen-bond acceptors (Lipinski definition) is 4. The van der Waals surface area contributed by atoms with E-state index in [0.717, 1.165) is 44.5 Å². The zero-order valence-corrected chi connectivity index (χ0v) is 19.6. The van der Waals surface area contributed by atoms with Crippen LogP contribution in [0.1, 0.15) is 18.1 Å². The molecule has 168 valence electrons. The zero-order chi connectivity index (χ0) is 23.5. The number of benzene rings is 3. The summed E-state index contributed by atoms with van der Waals surface area (Å²) in [6.07, 6.45) is 3.30. The van der Waals surface area contributed by atoms with Crippen LogP contribution in [0.15, 0.2) is 71.4 Å². The van der Waals surface area contributed by atoms with Gasteiger partial charge in [-0.15, -0.1) is 0 Å². The molecule has 1 heterocycles. The van der Waals surface area contributed by atoms with Crippen LogP contribution >= 0.6 is 11.6 Å². The number of aryl methyl sites for hydroxylation is 1. The van der Waals surface area contributed by atoms with Crippen LogP contribution in [0.4, 0.5) is 5.69 Å². The highest BCUT2D eigenvalue weighted by molar-refractivity contribution is 6.31. The highest BCUT2D eigenvalue weighted by Gasteiger charge is 2.19. The minimum Gasteiger partial charge on any atom is -0.497 e. The number of anilines is 1. The van der Waals surface area contributed by atoms with Gasteiger partial charge in [0, 0.05) is 38.9 Å². The molecule has 1 N–H and O–H groups in total. The van der Waals surface area contributed by atoms with E-state index in [9.17, 15) is 4.79 Å². The molecule has 0 aliphatic heterocycles. The van der Waals surface area contributed by atoms with Gasteiger partial charge in [-0.2, -0.15) is 0 Å². The van der Waals surface area contributed by atoms with Crippen LogP contribution in [0.5, 0.6) is 11.5 Å². The lowest BCUT2D eigenvalue weighted by Gasteiger charge is -2.13. The topological polar surface area (TPSA) is 60.7 Å². The van der Waals surface area contributed by atoms with Crippen molar-refractivity contribution in [1.82, 2.24) is 0 Å². The van der Waals surface area contributed by atoms with Gasteiger partial charge in [0.15, 0.2) is 0 Å². The van der Waals surface area contributed by atoms with Crippen molar-refractivity contribution in [1.29, 1.82) is 0 Å². The molecule has 4 rings (SSSR count). The molecule has 33 heavy (non-hydrogen) atoms. The van der Waals surface area contributed by atoms with Crippen molar-refractivity contribution >= 4 is 39.7 Å². The second-order valence-electron chi connectivity index (χ2n) is 7.66. The van der Waals surface area contributed by atoms with Gasteiger partial charge in [-0.25, -0.2) is 0 Å². The number of methoxy groups -OCH3 is 2. The Bertz CT molecular complexity index is 1350. The van der Waals surface area contributed by atoms with Crippen molar-refractivity contribution in [3.05, 3.63) is 83.1 Å². The van der Waals surface area contributed by atoms with Crippen LogP contribution < -0.4 is 14.8 Å². The second-order valence-corrected chi connectivity index (χ2v) is 8.10. The average Bonchev–Trinajstić information content (AvgIpc) is 3.23. The predicted molar refractivity (Wildman–Crippen MR) is 133 cm³/mol. The van der Waals surface area contributed by atoms with Crippen molar-refractivity contribution < 1.29 is 18.7 Å². The van der Waals surface area contributed by atoms with Gasteiger partial charge < -0.3 is 19.2 Å². The number of carbonyl (C=O) groups is 1. The molecule has 1 amide bonds. The van der Waals surface area contributed by atoms with Crippen LogP contribution in [0, 0.1) is 6.92 Å². The van der Waals surface area contributed by atoms with Crippen molar-refractivity contribution in [2.45, 2.75) is 13.8 Å². The van der Waals surface area contributed by atoms with Crippen LogP contribution in [0.2, 0.25) is 5.02 Å². The first-order valence-electron chi connectivity index (χ1n) is 10.4. The number of nitrogens with one attached hydrogen (secondary N) is 1. The molecule has 0 aliphatic carbocycles. The van der Waals surface area contributed by atoms with Gasteiger partial charge in [-0.05, 0) is 61.4 Å². The Kier molecular flexibility index (Phi) is 6.43. The summed E-state index contributed by atoms with van der Waals surface area (Å²) in [6.45, 7) is 3.83. The van der Waals surface area contributed by atoms with Crippen LogP contribution in [0.3, 0.4) is 0 Å². The predicted octanol–water partition coefficient (Wildman–Crippen LogP) is 7.12. The third-order valence-corrected chi connectivity index (χ3v) is 5.75. The number of carbonyl (C=O) groups excluding carboxylic acids is 1. The Morgan fingerprint density at radius 1 is 1.06 bits per heavy atom. The van der Waals surface area contributed by atoms with E-state index in [1.165, 1.54) is 0 Å². The van der Waals surface area contributed by atoms with E-state index in [2.05, 4.69) is 5.32 Å². The van der Waals surface area contributed by atoms with Gasteiger partial charge in [0.2, 0.25) is 5.91 Å². The van der Waals surface area contributed by atoms with Gasteiger partial charge in [0.1, 0.15) is 17.1 Å². The van der Waals surface area contributed by atoms with Crippen molar-refractivity contribution in [3.8, 4) is 22.6 Å². The minimum atomic E-state index is -0.253. The normalized spacial score (nSPS) is 11.5. The Morgan fingerprint density at radius 3 is 2.48 bits per heavy atom. The number of hydrogen-bond donors (Lipinski definition) is 1. The SMILES string of the molecule is COc1ccc(-c2coc3c(C)c(OC)c(/C(C)=C/C(=O)Nc4cccc(Cl)c4)cc23)cc1. The third kappa shape index (κ3) is 4.59. The standard InChI is InChI=1S/C27H24ClNO4/c1-16(12-25(30)29-20-7-5-6-19(28)13-20)22-14-23-24(18-8-10-21(31-3)11-9-18)15-33-27(23)17(2)26(22)32-4/h5-15H,1-4H3,(H,29,30)/b16-12+. The van der Waals surface area contributed by atoms with Crippen molar-refractivity contribution in [2.24, 2.45) is 0 Å². The summed E-state index contributed by atoms with van der Waals surface area (Å²) in [5, 5.41) is 4.34. The Balaban J connectivity index is 1.75. The van der Waals surface area contributed by atoms with E-state index < -0.39 is 0 Å². The molecule has 6 heteroatoms. The molecule has 0 radical (unpaired) electrons. The van der Waals surface area contributed by atoms with Gasteiger partial charge in [0.25, 0.3) is 0 Å². The Morgan fingerprint density at radius 2 is 1.82 bits per heavy atom. The molecule has 4 aromatic rings. The molecule has 0 unspecified atom stereocenters. The van der Waals surface area contributed by atoms with E-state index in [1.54, 1.807) is 50.8 Å². The number of furan rings is 1. The van der Waals surface area contributed by atoms with Gasteiger partial charge in [-0.1, -0.05) is 29.8 Å². The van der Waals surface area contributed by atoms with E-state index >= 15 is 0 Å². The monoisotopic (exact) mass is 461 g/mol. The Labute approximate surface area is 197 Å². The molecule has 0 fully saturated rings. The number of allylic oxidation sites excluding steroid dienone is 1. The summed E-state index contributed by atoms with van der Waals surface area (Å²) < 4.78 is 16.9. The fraction of sp³-hybridized carbons (Fsp3) is 0.148. The summed E-state index contributed by atoms with van der Waals surface area (Å²) in [5.41, 5.74) is 5.79. The molecule has 0 saturated carbocycles. The molecule has 0 atom stereocenters. The summed E-state index contributed by atoms with van der Waals surface area (Å²) in [4.78, 5) is 12.7. The molecule has 5 nitrogen and oxygen atoms in total. The molecule has 0 spiro atoms. The van der Waals surface area contributed by atoms with E-state index in [0.29, 0.717) is 16.5 Å². The number of rotatable bonds is 6. The van der Waals surface area contributed by atoms with Gasteiger partial charge in [-0.3, -0.25) is 4.79 Å². The lowest BCUT2D eigenvalue weighted by Crippen LogP contribution is -2.08.